The van der Waals surface area contributed by atoms with Crippen LogP contribution >= 0.6 is 23.5 Å². The molecule has 0 radical (unpaired) electrons. The maximum Gasteiger partial charge on any atom is 0.304 e. The molecule has 2 unspecified atom stereocenters. The number of aliphatic carboxylic acids is 2. The van der Waals surface area contributed by atoms with Crippen LogP contribution in [0, 0.1) is 5.41 Å². The quantitative estimate of drug-likeness (QED) is 0.222. The summed E-state index contributed by atoms with van der Waals surface area (Å²) in [4.78, 5) is 20.7. The standard InChI is InChI=1S/C26H40O4S2.C3H6O2/c1-3-26(4-2,17-24(27)28)25-30-18-21(32-25)19-31-16-9-5-8-15-29-23-14-10-12-20-11-6-7-13-22(20)23;1-2-3(4)5/h10,12,14,21,25H,3-9,11,13,15-19H2,1-2H3,(H,27,28);2H2,1H3,(H,4,5). The molecular weight excluding hydrogens is 508 g/mol. The summed E-state index contributed by atoms with van der Waals surface area (Å²) in [5.74, 6) is 1.91. The minimum absolute atomic E-state index is 0.0140. The van der Waals surface area contributed by atoms with E-state index in [0.29, 0.717) is 5.25 Å². The van der Waals surface area contributed by atoms with E-state index in [2.05, 4.69) is 32.0 Å². The van der Waals surface area contributed by atoms with Crippen LogP contribution in [0.4, 0.5) is 0 Å². The Bertz CT molecular complexity index is 827. The first kappa shape index (κ1) is 31.8. The van der Waals surface area contributed by atoms with Crippen molar-refractivity contribution in [3.8, 4) is 5.75 Å². The van der Waals surface area contributed by atoms with Crippen LogP contribution in [0.5, 0.6) is 5.75 Å². The third-order valence-corrected chi connectivity index (χ3v) is 10.3. The summed E-state index contributed by atoms with van der Waals surface area (Å²) < 4.78 is 12.2. The number of hydrogen-bond donors (Lipinski definition) is 2. The molecule has 2 atom stereocenters. The van der Waals surface area contributed by atoms with E-state index >= 15 is 0 Å². The number of ether oxygens (including phenoxy) is 2. The second kappa shape index (κ2) is 17.3. The highest BCUT2D eigenvalue weighted by atomic mass is 32.2. The Kier molecular flexibility index (Phi) is 14.8. The van der Waals surface area contributed by atoms with Gasteiger partial charge < -0.3 is 19.7 Å². The second-order valence-corrected chi connectivity index (χ2v) is 12.4. The molecule has 1 aromatic carbocycles. The van der Waals surface area contributed by atoms with Crippen molar-refractivity contribution in [1.29, 1.82) is 0 Å². The van der Waals surface area contributed by atoms with Gasteiger partial charge in [-0.05, 0) is 80.7 Å². The Hall–Kier alpha value is -1.38. The zero-order valence-electron chi connectivity index (χ0n) is 22.8. The highest BCUT2D eigenvalue weighted by molar-refractivity contribution is 8.03. The predicted molar refractivity (Wildman–Crippen MR) is 154 cm³/mol. The molecule has 1 heterocycles. The van der Waals surface area contributed by atoms with E-state index in [9.17, 15) is 14.7 Å². The maximum absolute atomic E-state index is 11.4. The topological polar surface area (TPSA) is 93.1 Å². The smallest absolute Gasteiger partial charge is 0.304 e. The Morgan fingerprint density at radius 2 is 1.81 bits per heavy atom. The van der Waals surface area contributed by atoms with Gasteiger partial charge in [0.1, 0.15) is 11.2 Å². The molecule has 1 aliphatic heterocycles. The molecule has 1 fully saturated rings. The van der Waals surface area contributed by atoms with Gasteiger partial charge in [-0.2, -0.15) is 11.8 Å². The van der Waals surface area contributed by atoms with Gasteiger partial charge in [0.2, 0.25) is 0 Å². The number of carbonyl (C=O) groups is 2. The molecule has 1 aromatic rings. The van der Waals surface area contributed by atoms with Crippen LogP contribution < -0.4 is 4.74 Å². The number of carboxylic acid groups (broad SMARTS) is 2. The molecule has 2 N–H and O–H groups in total. The molecule has 0 spiro atoms. The van der Waals surface area contributed by atoms with Crippen LogP contribution in [0.25, 0.3) is 0 Å². The number of thioether (sulfide) groups is 2. The summed E-state index contributed by atoms with van der Waals surface area (Å²) in [7, 11) is 0. The highest BCUT2D eigenvalue weighted by Crippen LogP contribution is 2.47. The molecule has 0 aromatic heterocycles. The normalized spacial score (nSPS) is 19.0. The molecule has 0 bridgehead atoms. The number of unbranched alkanes of at least 4 members (excludes halogenated alkanes) is 2. The summed E-state index contributed by atoms with van der Waals surface area (Å²) in [6.07, 6.45) is 10.6. The fraction of sp³-hybridized carbons (Fsp3) is 0.724. The number of benzene rings is 1. The van der Waals surface area contributed by atoms with Crippen LogP contribution in [-0.2, 0) is 27.2 Å². The fourth-order valence-corrected chi connectivity index (χ4v) is 7.74. The Morgan fingerprint density at radius 3 is 2.49 bits per heavy atom. The molecule has 3 rings (SSSR count). The highest BCUT2D eigenvalue weighted by Gasteiger charge is 2.43. The number of hydrogen-bond acceptors (Lipinski definition) is 6. The predicted octanol–water partition coefficient (Wildman–Crippen LogP) is 7.07. The number of carboxylic acids is 2. The number of rotatable bonds is 15. The van der Waals surface area contributed by atoms with E-state index in [0.717, 1.165) is 44.0 Å². The minimum Gasteiger partial charge on any atom is -0.493 e. The van der Waals surface area contributed by atoms with Gasteiger partial charge in [-0.1, -0.05) is 32.9 Å². The van der Waals surface area contributed by atoms with Crippen LogP contribution in [-0.4, -0.2) is 57.6 Å². The van der Waals surface area contributed by atoms with Crippen molar-refractivity contribution < 1.29 is 29.3 Å². The monoisotopic (exact) mass is 554 g/mol. The SMILES string of the molecule is CCC(=O)O.CCC(CC)(CC(=O)O)C1OCC(CSCCCCCOc2cccc3c2CCCC3)S1. The van der Waals surface area contributed by atoms with Crippen molar-refractivity contribution >= 4 is 35.5 Å². The van der Waals surface area contributed by atoms with Crippen molar-refractivity contribution in [2.45, 2.75) is 102 Å². The van der Waals surface area contributed by atoms with Crippen LogP contribution in [0.1, 0.15) is 89.7 Å². The molecule has 6 nitrogen and oxygen atoms in total. The summed E-state index contributed by atoms with van der Waals surface area (Å²) in [5, 5.41) is 17.5. The van der Waals surface area contributed by atoms with Gasteiger partial charge in [-0.3, -0.25) is 9.59 Å². The molecule has 8 heteroatoms. The zero-order valence-corrected chi connectivity index (χ0v) is 24.5. The van der Waals surface area contributed by atoms with E-state index in [-0.39, 0.29) is 23.7 Å². The third kappa shape index (κ3) is 10.7. The van der Waals surface area contributed by atoms with Gasteiger partial charge in [-0.25, -0.2) is 0 Å². The van der Waals surface area contributed by atoms with Crippen molar-refractivity contribution in [2.75, 3.05) is 24.7 Å². The minimum atomic E-state index is -0.745. The van der Waals surface area contributed by atoms with Crippen molar-refractivity contribution in [2.24, 2.45) is 5.41 Å². The van der Waals surface area contributed by atoms with Gasteiger partial charge in [-0.15, -0.1) is 11.8 Å². The lowest BCUT2D eigenvalue weighted by Crippen LogP contribution is -2.34. The molecular formula is C29H46O6S2. The van der Waals surface area contributed by atoms with Gasteiger partial charge in [0.05, 0.1) is 19.6 Å². The molecule has 1 aliphatic carbocycles. The first-order valence-corrected chi connectivity index (χ1v) is 16.0. The summed E-state index contributed by atoms with van der Waals surface area (Å²) in [6.45, 7) is 7.35. The summed E-state index contributed by atoms with van der Waals surface area (Å²) in [5.41, 5.74) is 2.70. The van der Waals surface area contributed by atoms with Gasteiger partial charge in [0.25, 0.3) is 0 Å². The summed E-state index contributed by atoms with van der Waals surface area (Å²) in [6, 6.07) is 6.53. The largest absolute Gasteiger partial charge is 0.493 e. The third-order valence-electron chi connectivity index (χ3n) is 7.31. The van der Waals surface area contributed by atoms with Gasteiger partial charge in [0.15, 0.2) is 0 Å². The van der Waals surface area contributed by atoms with Crippen molar-refractivity contribution in [3.63, 3.8) is 0 Å². The van der Waals surface area contributed by atoms with E-state index in [1.54, 1.807) is 6.92 Å². The van der Waals surface area contributed by atoms with E-state index in [1.165, 1.54) is 55.4 Å². The number of fused-ring (bicyclic) bond motifs is 1. The van der Waals surface area contributed by atoms with E-state index in [4.69, 9.17) is 14.6 Å². The average molecular weight is 555 g/mol. The van der Waals surface area contributed by atoms with Crippen LogP contribution in [0.15, 0.2) is 18.2 Å². The maximum atomic E-state index is 11.4. The lowest BCUT2D eigenvalue weighted by atomic mass is 9.80. The first-order chi connectivity index (χ1) is 17.8. The van der Waals surface area contributed by atoms with Gasteiger partial charge in [0, 0.05) is 22.8 Å². The van der Waals surface area contributed by atoms with E-state index in [1.807, 2.05) is 23.5 Å². The van der Waals surface area contributed by atoms with Crippen molar-refractivity contribution in [3.05, 3.63) is 29.3 Å². The molecule has 37 heavy (non-hydrogen) atoms. The molecule has 2 aliphatic rings. The number of aryl methyl sites for hydroxylation is 1. The Labute approximate surface area is 231 Å². The summed E-state index contributed by atoms with van der Waals surface area (Å²) >= 11 is 3.87. The van der Waals surface area contributed by atoms with Gasteiger partial charge >= 0.3 is 11.9 Å². The molecule has 210 valence electrons. The Balaban J connectivity index is 0.000000877. The lowest BCUT2D eigenvalue weighted by Gasteiger charge is -2.35. The lowest BCUT2D eigenvalue weighted by molar-refractivity contribution is -0.141. The van der Waals surface area contributed by atoms with E-state index < -0.39 is 11.9 Å². The van der Waals surface area contributed by atoms with Crippen molar-refractivity contribution in [1.82, 2.24) is 0 Å². The Morgan fingerprint density at radius 1 is 1.08 bits per heavy atom. The fourth-order valence-electron chi connectivity index (χ4n) is 4.84. The first-order valence-electron chi connectivity index (χ1n) is 13.9. The van der Waals surface area contributed by atoms with Crippen LogP contribution in [0.3, 0.4) is 0 Å². The molecule has 1 saturated heterocycles. The van der Waals surface area contributed by atoms with Crippen LogP contribution in [0.2, 0.25) is 0 Å². The zero-order chi connectivity index (χ0) is 27.1. The molecule has 0 amide bonds. The second-order valence-electron chi connectivity index (χ2n) is 9.90. The average Bonchev–Trinajstić information content (AvgIpc) is 3.38. The molecule has 0 saturated carbocycles.